The molecule has 4 atom stereocenters. The highest BCUT2D eigenvalue weighted by Crippen LogP contribution is 2.71. The van der Waals surface area contributed by atoms with Gasteiger partial charge in [0.1, 0.15) is 0 Å². The Balaban J connectivity index is 1.78. The second-order valence-electron chi connectivity index (χ2n) is 6.77. The molecule has 0 aromatic carbocycles. The molecule has 0 N–H and O–H groups in total. The van der Waals surface area contributed by atoms with E-state index in [9.17, 15) is 0 Å². The van der Waals surface area contributed by atoms with Gasteiger partial charge >= 0.3 is 0 Å². The quantitative estimate of drug-likeness (QED) is 0.624. The fourth-order valence-corrected chi connectivity index (χ4v) is 5.32. The van der Waals surface area contributed by atoms with E-state index in [1.807, 2.05) is 0 Å². The van der Waals surface area contributed by atoms with Gasteiger partial charge in [0.25, 0.3) is 0 Å². The van der Waals surface area contributed by atoms with Gasteiger partial charge in [-0.3, -0.25) is 0 Å². The summed E-state index contributed by atoms with van der Waals surface area (Å²) in [6, 6.07) is 0. The van der Waals surface area contributed by atoms with Crippen molar-refractivity contribution in [3.63, 3.8) is 0 Å². The van der Waals surface area contributed by atoms with Crippen molar-refractivity contribution in [1.82, 2.24) is 0 Å². The molecule has 0 heterocycles. The maximum atomic E-state index is 2.44. The van der Waals surface area contributed by atoms with Crippen LogP contribution in [0.15, 0.2) is 0 Å². The topological polar surface area (TPSA) is 0 Å². The van der Waals surface area contributed by atoms with Crippen LogP contribution in [0.2, 0.25) is 0 Å². The third-order valence-corrected chi connectivity index (χ3v) is 5.71. The minimum atomic E-state index is 0.956. The van der Waals surface area contributed by atoms with Crippen molar-refractivity contribution < 1.29 is 0 Å². The van der Waals surface area contributed by atoms with Gasteiger partial charge in [0, 0.05) is 0 Å². The van der Waals surface area contributed by atoms with E-state index in [0.29, 0.717) is 0 Å². The van der Waals surface area contributed by atoms with Gasteiger partial charge in [-0.1, -0.05) is 27.7 Å². The van der Waals surface area contributed by atoms with Crippen molar-refractivity contribution in [1.29, 1.82) is 0 Å². The van der Waals surface area contributed by atoms with Crippen LogP contribution in [0, 0.1) is 47.3 Å². The Kier molecular flexibility index (Phi) is 1.83. The second kappa shape index (κ2) is 2.77. The lowest BCUT2D eigenvalue weighted by molar-refractivity contribution is -0.229. The predicted molar refractivity (Wildman–Crippen MR) is 59.9 cm³/mol. The summed E-state index contributed by atoms with van der Waals surface area (Å²) in [5.41, 5.74) is 0. The Morgan fingerprint density at radius 1 is 0.643 bits per heavy atom. The molecular weight excluding hydrogens is 168 g/mol. The van der Waals surface area contributed by atoms with Crippen LogP contribution in [0.5, 0.6) is 0 Å². The van der Waals surface area contributed by atoms with E-state index in [4.69, 9.17) is 0 Å². The van der Waals surface area contributed by atoms with Crippen LogP contribution in [0.25, 0.3) is 0 Å². The Bertz CT molecular complexity index is 198. The average Bonchev–Trinajstić information content (AvgIpc) is 1.99. The first-order chi connectivity index (χ1) is 6.61. The molecule has 0 aliphatic heterocycles. The lowest BCUT2D eigenvalue weighted by Crippen LogP contribution is -2.65. The molecule has 0 spiro atoms. The first-order valence-corrected chi connectivity index (χ1v) is 6.61. The summed E-state index contributed by atoms with van der Waals surface area (Å²) in [5, 5.41) is 0. The van der Waals surface area contributed by atoms with Crippen LogP contribution in [-0.2, 0) is 0 Å². The van der Waals surface area contributed by atoms with E-state index < -0.39 is 0 Å². The summed E-state index contributed by atoms with van der Waals surface area (Å²) in [6.45, 7) is 9.77. The van der Waals surface area contributed by atoms with E-state index in [1.54, 1.807) is 12.8 Å². The molecule has 0 saturated heterocycles. The van der Waals surface area contributed by atoms with E-state index >= 15 is 0 Å². The highest BCUT2D eigenvalue weighted by molar-refractivity contribution is 5.13. The molecule has 0 aromatic heterocycles. The van der Waals surface area contributed by atoms with Crippen molar-refractivity contribution in [3.05, 3.63) is 0 Å². The van der Waals surface area contributed by atoms with Gasteiger partial charge in [-0.15, -0.1) is 0 Å². The molecule has 0 heteroatoms. The molecule has 6 fully saturated rings. The highest BCUT2D eigenvalue weighted by atomic mass is 14.7. The van der Waals surface area contributed by atoms with Gasteiger partial charge in [0.15, 0.2) is 0 Å². The Labute approximate surface area is 88.5 Å². The fraction of sp³-hybridized carbons (Fsp3) is 1.00. The summed E-state index contributed by atoms with van der Waals surface area (Å²) in [7, 11) is 0. The Morgan fingerprint density at radius 3 is 1.14 bits per heavy atom. The maximum absolute atomic E-state index is 2.44. The molecule has 0 nitrogen and oxygen atoms in total. The van der Waals surface area contributed by atoms with Crippen molar-refractivity contribution >= 4 is 0 Å². The molecule has 6 aliphatic rings. The van der Waals surface area contributed by atoms with Gasteiger partial charge in [0.05, 0.1) is 0 Å². The molecule has 0 amide bonds. The molecular formula is C14H24. The third kappa shape index (κ3) is 0.907. The van der Waals surface area contributed by atoms with Crippen LogP contribution in [-0.4, -0.2) is 0 Å². The molecule has 4 bridgehead atoms. The minimum Gasteiger partial charge on any atom is -0.0625 e. The van der Waals surface area contributed by atoms with Gasteiger partial charge in [0.2, 0.25) is 0 Å². The Morgan fingerprint density at radius 2 is 0.929 bits per heavy atom. The van der Waals surface area contributed by atoms with Crippen LogP contribution in [0.4, 0.5) is 0 Å². The van der Waals surface area contributed by atoms with Crippen LogP contribution in [0.3, 0.4) is 0 Å². The summed E-state index contributed by atoms with van der Waals surface area (Å²) < 4.78 is 0. The zero-order valence-electron chi connectivity index (χ0n) is 10.0. The summed E-state index contributed by atoms with van der Waals surface area (Å²) in [6.07, 6.45) is 3.20. The standard InChI is InChI=1S/C14H24/c1-7(2)13-9-5-10(13)12-6-11(9)14(12)8(3)4/h7-14H,5-6H2,1-4H3. The van der Waals surface area contributed by atoms with Crippen molar-refractivity contribution in [2.75, 3.05) is 0 Å². The van der Waals surface area contributed by atoms with E-state index in [-0.39, 0.29) is 0 Å². The molecule has 0 radical (unpaired) electrons. The molecule has 6 saturated carbocycles. The normalized spacial score (nSPS) is 54.4. The third-order valence-electron chi connectivity index (χ3n) is 5.71. The molecule has 80 valence electrons. The molecule has 6 rings (SSSR count). The monoisotopic (exact) mass is 192 g/mol. The minimum absolute atomic E-state index is 0.956. The lowest BCUT2D eigenvalue weighted by Gasteiger charge is -2.71. The second-order valence-corrected chi connectivity index (χ2v) is 6.77. The molecule has 4 unspecified atom stereocenters. The van der Waals surface area contributed by atoms with Gasteiger partial charge in [-0.05, 0) is 60.2 Å². The smallest absolute Gasteiger partial charge is 0.0329 e. The maximum Gasteiger partial charge on any atom is -0.0329 e. The van der Waals surface area contributed by atoms with E-state index in [1.165, 1.54) is 0 Å². The van der Waals surface area contributed by atoms with Crippen molar-refractivity contribution in [3.8, 4) is 0 Å². The zero-order chi connectivity index (χ0) is 10.0. The highest BCUT2D eigenvalue weighted by Gasteiger charge is 2.65. The Hall–Kier alpha value is 0. The number of rotatable bonds is 2. The molecule has 0 aromatic rings. The number of hydrogen-bond acceptors (Lipinski definition) is 0. The van der Waals surface area contributed by atoms with E-state index in [0.717, 1.165) is 47.3 Å². The zero-order valence-corrected chi connectivity index (χ0v) is 10.0. The van der Waals surface area contributed by atoms with Gasteiger partial charge in [-0.25, -0.2) is 0 Å². The summed E-state index contributed by atoms with van der Waals surface area (Å²) in [5.74, 6) is 8.70. The van der Waals surface area contributed by atoms with Crippen LogP contribution in [0.1, 0.15) is 40.5 Å². The average molecular weight is 192 g/mol. The SMILES string of the molecule is CC(C)C1C2CC1C1CC2C1C(C)C. The van der Waals surface area contributed by atoms with Crippen LogP contribution < -0.4 is 0 Å². The van der Waals surface area contributed by atoms with E-state index in [2.05, 4.69) is 27.7 Å². The fourth-order valence-electron chi connectivity index (χ4n) is 5.32. The first kappa shape index (κ1) is 9.24. The van der Waals surface area contributed by atoms with Gasteiger partial charge in [-0.2, -0.15) is 0 Å². The summed E-state index contributed by atoms with van der Waals surface area (Å²) in [4.78, 5) is 0. The number of hydrogen-bond donors (Lipinski definition) is 0. The van der Waals surface area contributed by atoms with Crippen molar-refractivity contribution in [2.45, 2.75) is 40.5 Å². The van der Waals surface area contributed by atoms with Crippen LogP contribution >= 0.6 is 0 Å². The lowest BCUT2D eigenvalue weighted by atomic mass is 9.34. The van der Waals surface area contributed by atoms with Gasteiger partial charge < -0.3 is 0 Å². The first-order valence-electron chi connectivity index (χ1n) is 6.61. The molecule has 14 heavy (non-hydrogen) atoms. The van der Waals surface area contributed by atoms with Crippen molar-refractivity contribution in [2.24, 2.45) is 47.3 Å². The predicted octanol–water partition coefficient (Wildman–Crippen LogP) is 3.82. The summed E-state index contributed by atoms with van der Waals surface area (Å²) >= 11 is 0. The largest absolute Gasteiger partial charge is 0.0625 e. The molecule has 6 aliphatic carbocycles.